The van der Waals surface area contributed by atoms with Crippen LogP contribution in [0.1, 0.15) is 30.1 Å². The first-order chi connectivity index (χ1) is 7.24. The van der Waals surface area contributed by atoms with Crippen LogP contribution in [0.3, 0.4) is 0 Å². The number of ketones is 1. The summed E-state index contributed by atoms with van der Waals surface area (Å²) in [6.07, 6.45) is 2.07. The minimum Gasteiger partial charge on any atom is -0.373 e. The van der Waals surface area contributed by atoms with E-state index in [4.69, 9.17) is 0 Å². The smallest absolute Gasteiger partial charge is 0.169 e. The van der Waals surface area contributed by atoms with Crippen molar-refractivity contribution in [3.8, 4) is 0 Å². The Morgan fingerprint density at radius 2 is 2.13 bits per heavy atom. The zero-order valence-corrected chi connectivity index (χ0v) is 9.36. The van der Waals surface area contributed by atoms with Crippen LogP contribution >= 0.6 is 0 Å². The maximum absolute atomic E-state index is 12.1. The van der Waals surface area contributed by atoms with Crippen LogP contribution in [0.4, 0.5) is 5.69 Å². The van der Waals surface area contributed by atoms with Crippen LogP contribution in [0.5, 0.6) is 0 Å². The Labute approximate surface area is 90.9 Å². The van der Waals surface area contributed by atoms with Gasteiger partial charge in [-0.25, -0.2) is 0 Å². The van der Waals surface area contributed by atoms with Crippen LogP contribution < -0.4 is 4.90 Å². The maximum Gasteiger partial charge on any atom is 0.169 e. The number of Topliss-reactive ketones (excluding diaryl/α,β-unsaturated/α-hetero) is 1. The van der Waals surface area contributed by atoms with Crippen LogP contribution in [0.25, 0.3) is 0 Å². The highest BCUT2D eigenvalue weighted by Crippen LogP contribution is 2.29. The lowest BCUT2D eigenvalue weighted by Crippen LogP contribution is -2.36. The molecule has 0 N–H and O–H groups in total. The first-order valence-electron chi connectivity index (χ1n) is 5.58. The Bertz CT molecular complexity index is 373. The molecule has 1 heterocycles. The number of hydrogen-bond acceptors (Lipinski definition) is 2. The number of anilines is 1. The third-order valence-corrected chi connectivity index (χ3v) is 3.08. The van der Waals surface area contributed by atoms with Gasteiger partial charge in [0.15, 0.2) is 5.78 Å². The average molecular weight is 203 g/mol. The van der Waals surface area contributed by atoms with E-state index in [-0.39, 0.29) is 5.92 Å². The van der Waals surface area contributed by atoms with E-state index >= 15 is 0 Å². The van der Waals surface area contributed by atoms with Gasteiger partial charge in [-0.2, -0.15) is 0 Å². The van der Waals surface area contributed by atoms with Gasteiger partial charge in [-0.3, -0.25) is 4.79 Å². The fourth-order valence-corrected chi connectivity index (χ4v) is 2.32. The third kappa shape index (κ3) is 1.76. The lowest BCUT2D eigenvalue weighted by Gasteiger charge is -2.32. The molecule has 2 heteroatoms. The van der Waals surface area contributed by atoms with Crippen LogP contribution in [-0.4, -0.2) is 19.4 Å². The minimum atomic E-state index is 0.190. The Kier molecular flexibility index (Phi) is 2.76. The zero-order valence-electron chi connectivity index (χ0n) is 9.36. The van der Waals surface area contributed by atoms with Crippen molar-refractivity contribution >= 4 is 11.5 Å². The molecule has 0 saturated carbocycles. The van der Waals surface area contributed by atoms with Gasteiger partial charge in [-0.15, -0.1) is 0 Å². The van der Waals surface area contributed by atoms with Crippen LogP contribution in [-0.2, 0) is 0 Å². The first-order valence-corrected chi connectivity index (χ1v) is 5.58. The number of carbonyl (C=O) groups excluding carboxylic acids is 1. The van der Waals surface area contributed by atoms with Gasteiger partial charge in [0.2, 0.25) is 0 Å². The van der Waals surface area contributed by atoms with E-state index in [2.05, 4.69) is 18.9 Å². The minimum absolute atomic E-state index is 0.190. The Balaban J connectivity index is 2.35. The van der Waals surface area contributed by atoms with Crippen molar-refractivity contribution < 1.29 is 4.79 Å². The molecule has 0 aromatic heterocycles. The average Bonchev–Trinajstić information content (AvgIpc) is 2.26. The molecular weight excluding hydrogens is 186 g/mol. The summed E-state index contributed by atoms with van der Waals surface area (Å²) in [6, 6.07) is 7.90. The lowest BCUT2D eigenvalue weighted by atomic mass is 9.88. The lowest BCUT2D eigenvalue weighted by molar-refractivity contribution is 0.0909. The van der Waals surface area contributed by atoms with E-state index in [1.165, 1.54) is 0 Å². The monoisotopic (exact) mass is 203 g/mol. The highest BCUT2D eigenvalue weighted by molar-refractivity contribution is 6.04. The number of carbonyl (C=O) groups is 1. The van der Waals surface area contributed by atoms with E-state index < -0.39 is 0 Å². The van der Waals surface area contributed by atoms with Gasteiger partial charge in [-0.1, -0.05) is 25.5 Å². The molecule has 0 fully saturated rings. The molecule has 1 unspecified atom stereocenters. The van der Waals surface area contributed by atoms with Gasteiger partial charge >= 0.3 is 0 Å². The van der Waals surface area contributed by atoms with Gasteiger partial charge in [-0.05, 0) is 18.6 Å². The molecule has 15 heavy (non-hydrogen) atoms. The summed E-state index contributed by atoms with van der Waals surface area (Å²) in [7, 11) is 2.06. The fraction of sp³-hybridized carbons (Fsp3) is 0.462. The van der Waals surface area contributed by atoms with Crippen molar-refractivity contribution in [1.82, 2.24) is 0 Å². The standard InChI is InChI=1S/C13H17NO/c1-3-6-10-9-14(2)12-8-5-4-7-11(12)13(10)15/h4-5,7-8,10H,3,6,9H2,1-2H3. The van der Waals surface area contributed by atoms with Gasteiger partial charge < -0.3 is 4.90 Å². The molecule has 1 aromatic carbocycles. The van der Waals surface area contributed by atoms with Crippen molar-refractivity contribution in [1.29, 1.82) is 0 Å². The largest absolute Gasteiger partial charge is 0.373 e. The molecule has 1 aliphatic rings. The Morgan fingerprint density at radius 3 is 2.87 bits per heavy atom. The molecule has 0 bridgehead atoms. The van der Waals surface area contributed by atoms with E-state index in [1.807, 2.05) is 24.3 Å². The maximum atomic E-state index is 12.1. The molecule has 1 atom stereocenters. The normalized spacial score (nSPS) is 20.3. The molecule has 0 radical (unpaired) electrons. The summed E-state index contributed by atoms with van der Waals surface area (Å²) in [5, 5.41) is 0. The number of rotatable bonds is 2. The predicted molar refractivity (Wildman–Crippen MR) is 62.4 cm³/mol. The van der Waals surface area contributed by atoms with Crippen LogP contribution in [0, 0.1) is 5.92 Å². The van der Waals surface area contributed by atoms with E-state index in [0.29, 0.717) is 5.78 Å². The molecule has 1 aliphatic heterocycles. The number of fused-ring (bicyclic) bond motifs is 1. The zero-order chi connectivity index (χ0) is 10.8. The summed E-state index contributed by atoms with van der Waals surface area (Å²) >= 11 is 0. The molecular formula is C13H17NO. The second-order valence-corrected chi connectivity index (χ2v) is 4.25. The van der Waals surface area contributed by atoms with Gasteiger partial charge in [0.25, 0.3) is 0 Å². The molecule has 80 valence electrons. The summed E-state index contributed by atoms with van der Waals surface area (Å²) < 4.78 is 0. The molecule has 0 saturated heterocycles. The van der Waals surface area contributed by atoms with Crippen LogP contribution in [0.15, 0.2) is 24.3 Å². The van der Waals surface area contributed by atoms with E-state index in [9.17, 15) is 4.79 Å². The Hall–Kier alpha value is -1.31. The summed E-state index contributed by atoms with van der Waals surface area (Å²) in [4.78, 5) is 14.3. The van der Waals surface area contributed by atoms with Crippen molar-refractivity contribution in [2.24, 2.45) is 5.92 Å². The molecule has 0 aliphatic carbocycles. The van der Waals surface area contributed by atoms with Crippen molar-refractivity contribution in [3.63, 3.8) is 0 Å². The van der Waals surface area contributed by atoms with Gasteiger partial charge in [0.1, 0.15) is 0 Å². The van der Waals surface area contributed by atoms with Crippen molar-refractivity contribution in [2.45, 2.75) is 19.8 Å². The Morgan fingerprint density at radius 1 is 1.40 bits per heavy atom. The van der Waals surface area contributed by atoms with E-state index in [1.54, 1.807) is 0 Å². The number of para-hydroxylation sites is 1. The summed E-state index contributed by atoms with van der Waals surface area (Å²) in [5.41, 5.74) is 1.97. The number of nitrogens with zero attached hydrogens (tertiary/aromatic N) is 1. The van der Waals surface area contributed by atoms with E-state index in [0.717, 1.165) is 30.6 Å². The fourth-order valence-electron chi connectivity index (χ4n) is 2.32. The highest BCUT2D eigenvalue weighted by Gasteiger charge is 2.28. The highest BCUT2D eigenvalue weighted by atomic mass is 16.1. The SMILES string of the molecule is CCCC1CN(C)c2ccccc2C1=O. The molecule has 0 spiro atoms. The van der Waals surface area contributed by atoms with Gasteiger partial charge in [0, 0.05) is 30.8 Å². The second-order valence-electron chi connectivity index (χ2n) is 4.25. The number of benzene rings is 1. The molecule has 1 aromatic rings. The van der Waals surface area contributed by atoms with Crippen molar-refractivity contribution in [2.75, 3.05) is 18.5 Å². The molecule has 2 nitrogen and oxygen atoms in total. The predicted octanol–water partition coefficient (Wildman–Crippen LogP) is 2.74. The van der Waals surface area contributed by atoms with Gasteiger partial charge in [0.05, 0.1) is 0 Å². The van der Waals surface area contributed by atoms with Crippen molar-refractivity contribution in [3.05, 3.63) is 29.8 Å². The summed E-state index contributed by atoms with van der Waals surface area (Å²) in [5.74, 6) is 0.514. The second kappa shape index (κ2) is 4.05. The molecule has 2 rings (SSSR count). The van der Waals surface area contributed by atoms with Crippen LogP contribution in [0.2, 0.25) is 0 Å². The third-order valence-electron chi connectivity index (χ3n) is 3.08. The molecule has 0 amide bonds. The quantitative estimate of drug-likeness (QED) is 0.736. The number of hydrogen-bond donors (Lipinski definition) is 0. The summed E-state index contributed by atoms with van der Waals surface area (Å²) in [6.45, 7) is 3.00. The topological polar surface area (TPSA) is 20.3 Å². The first kappa shape index (κ1) is 10.2.